The first-order valence-corrected chi connectivity index (χ1v) is 9.06. The average molecular weight is 305 g/mol. The third-order valence-corrected chi connectivity index (χ3v) is 6.71. The Morgan fingerprint density at radius 1 is 1.45 bits per heavy atom. The van der Waals surface area contributed by atoms with Gasteiger partial charge in [0.1, 0.15) is 0 Å². The second kappa shape index (κ2) is 5.20. The standard InChI is InChI=1S/C15H19N3S2/c1-9-6-14(12-4-5-19-15(12)20-9)17-11-2-3-13-10(7-11)8-16-18-13/h4-5,8-9,11,14,17H,2-3,6-7H2,1H3,(H,16,18)/t9-,11+,14-/m0/s1. The molecular formula is C15H19N3S2. The Labute approximate surface area is 127 Å². The van der Waals surface area contributed by atoms with Gasteiger partial charge < -0.3 is 5.32 Å². The molecule has 0 aromatic carbocycles. The molecule has 0 spiro atoms. The van der Waals surface area contributed by atoms with Gasteiger partial charge in [0.25, 0.3) is 0 Å². The lowest BCUT2D eigenvalue weighted by atomic mass is 9.92. The first kappa shape index (κ1) is 12.9. The number of rotatable bonds is 2. The highest BCUT2D eigenvalue weighted by atomic mass is 32.2. The third-order valence-electron chi connectivity index (χ3n) is 4.36. The Bertz CT molecular complexity index is 604. The average Bonchev–Trinajstić information content (AvgIpc) is 3.05. The van der Waals surface area contributed by atoms with Crippen LogP contribution in [0.4, 0.5) is 0 Å². The number of aromatic amines is 1. The van der Waals surface area contributed by atoms with E-state index in [1.807, 2.05) is 29.3 Å². The number of H-pyrrole nitrogens is 1. The van der Waals surface area contributed by atoms with Gasteiger partial charge in [-0.25, -0.2) is 0 Å². The minimum atomic E-state index is 0.533. The molecule has 3 heterocycles. The van der Waals surface area contributed by atoms with Gasteiger partial charge in [-0.1, -0.05) is 6.92 Å². The largest absolute Gasteiger partial charge is 0.307 e. The number of nitrogens with one attached hydrogen (secondary N) is 2. The van der Waals surface area contributed by atoms with Crippen molar-refractivity contribution in [3.05, 3.63) is 34.5 Å². The fourth-order valence-corrected chi connectivity index (χ4v) is 5.92. The molecule has 4 rings (SSSR count). The van der Waals surface area contributed by atoms with Gasteiger partial charge >= 0.3 is 0 Å². The van der Waals surface area contributed by atoms with Crippen LogP contribution in [0.25, 0.3) is 0 Å². The van der Waals surface area contributed by atoms with Crippen LogP contribution < -0.4 is 5.32 Å². The highest BCUT2D eigenvalue weighted by molar-refractivity contribution is 8.01. The molecule has 0 saturated heterocycles. The van der Waals surface area contributed by atoms with E-state index < -0.39 is 0 Å². The monoisotopic (exact) mass is 305 g/mol. The first-order valence-electron chi connectivity index (χ1n) is 7.31. The highest BCUT2D eigenvalue weighted by Gasteiger charge is 2.29. The van der Waals surface area contributed by atoms with E-state index in [4.69, 9.17) is 0 Å². The van der Waals surface area contributed by atoms with Crippen LogP contribution in [-0.4, -0.2) is 21.5 Å². The molecule has 0 bridgehead atoms. The van der Waals surface area contributed by atoms with Gasteiger partial charge in [0.2, 0.25) is 0 Å². The maximum atomic E-state index is 4.17. The van der Waals surface area contributed by atoms with Gasteiger partial charge in [-0.3, -0.25) is 5.10 Å². The summed E-state index contributed by atoms with van der Waals surface area (Å²) in [5, 5.41) is 14.2. The van der Waals surface area contributed by atoms with Crippen LogP contribution in [0, 0.1) is 0 Å². The summed E-state index contributed by atoms with van der Waals surface area (Å²) < 4.78 is 1.51. The fraction of sp³-hybridized carbons (Fsp3) is 0.533. The van der Waals surface area contributed by atoms with Gasteiger partial charge in [-0.05, 0) is 48.3 Å². The number of hydrogen-bond donors (Lipinski definition) is 2. The lowest BCUT2D eigenvalue weighted by molar-refractivity contribution is 0.379. The molecule has 2 N–H and O–H groups in total. The van der Waals surface area contributed by atoms with Crippen LogP contribution in [0.5, 0.6) is 0 Å². The Morgan fingerprint density at radius 3 is 3.35 bits per heavy atom. The minimum absolute atomic E-state index is 0.533. The zero-order valence-electron chi connectivity index (χ0n) is 11.6. The van der Waals surface area contributed by atoms with Crippen molar-refractivity contribution in [2.24, 2.45) is 0 Å². The third kappa shape index (κ3) is 2.32. The Morgan fingerprint density at radius 2 is 2.40 bits per heavy atom. The van der Waals surface area contributed by atoms with Crippen molar-refractivity contribution >= 4 is 23.1 Å². The Hall–Kier alpha value is -0.780. The van der Waals surface area contributed by atoms with Crippen LogP contribution in [0.2, 0.25) is 0 Å². The predicted octanol–water partition coefficient (Wildman–Crippen LogP) is 3.54. The van der Waals surface area contributed by atoms with E-state index in [2.05, 4.69) is 33.9 Å². The van der Waals surface area contributed by atoms with E-state index in [0.717, 1.165) is 12.8 Å². The molecule has 106 valence electrons. The molecule has 5 heteroatoms. The lowest BCUT2D eigenvalue weighted by Crippen LogP contribution is -2.38. The summed E-state index contributed by atoms with van der Waals surface area (Å²) in [5.74, 6) is 0. The maximum absolute atomic E-state index is 4.17. The quantitative estimate of drug-likeness (QED) is 0.891. The number of thiophene rings is 1. The predicted molar refractivity (Wildman–Crippen MR) is 84.5 cm³/mol. The summed E-state index contributed by atoms with van der Waals surface area (Å²) in [5.41, 5.74) is 4.26. The fourth-order valence-electron chi connectivity index (χ4n) is 3.35. The van der Waals surface area contributed by atoms with Gasteiger partial charge in [0.15, 0.2) is 0 Å². The van der Waals surface area contributed by atoms with E-state index in [-0.39, 0.29) is 0 Å². The zero-order valence-corrected chi connectivity index (χ0v) is 13.2. The van der Waals surface area contributed by atoms with Crippen molar-refractivity contribution in [1.82, 2.24) is 15.5 Å². The summed E-state index contributed by atoms with van der Waals surface area (Å²) in [4.78, 5) is 0. The molecule has 2 aromatic rings. The second-order valence-corrected chi connectivity index (χ2v) is 8.48. The molecule has 20 heavy (non-hydrogen) atoms. The second-order valence-electron chi connectivity index (χ2n) is 5.86. The molecule has 1 aliphatic carbocycles. The summed E-state index contributed by atoms with van der Waals surface area (Å²) in [6, 6.07) is 3.43. The van der Waals surface area contributed by atoms with Crippen molar-refractivity contribution < 1.29 is 0 Å². The molecule has 0 unspecified atom stereocenters. The van der Waals surface area contributed by atoms with Gasteiger partial charge in [0.05, 0.1) is 10.4 Å². The summed E-state index contributed by atoms with van der Waals surface area (Å²) in [7, 11) is 0. The Kier molecular flexibility index (Phi) is 3.36. The number of aromatic nitrogens is 2. The molecule has 3 nitrogen and oxygen atoms in total. The topological polar surface area (TPSA) is 40.7 Å². The van der Waals surface area contributed by atoms with Gasteiger partial charge in [-0.15, -0.1) is 23.1 Å². The molecule has 0 saturated carbocycles. The Balaban J connectivity index is 1.51. The normalized spacial score (nSPS) is 28.9. The van der Waals surface area contributed by atoms with Gasteiger partial charge in [0, 0.05) is 23.0 Å². The van der Waals surface area contributed by atoms with Crippen LogP contribution >= 0.6 is 23.1 Å². The van der Waals surface area contributed by atoms with Crippen LogP contribution in [-0.2, 0) is 12.8 Å². The number of hydrogen-bond acceptors (Lipinski definition) is 4. The van der Waals surface area contributed by atoms with Crippen molar-refractivity contribution in [2.45, 2.75) is 54.1 Å². The van der Waals surface area contributed by atoms with Crippen LogP contribution in [0.1, 0.15) is 42.6 Å². The molecule has 0 radical (unpaired) electrons. The van der Waals surface area contributed by atoms with Crippen molar-refractivity contribution in [1.29, 1.82) is 0 Å². The van der Waals surface area contributed by atoms with E-state index in [1.165, 1.54) is 33.9 Å². The van der Waals surface area contributed by atoms with Crippen molar-refractivity contribution in [3.63, 3.8) is 0 Å². The SMILES string of the molecule is C[C@H]1C[C@H](N[C@@H]2CCc3[nH]ncc3C2)c2ccsc2S1. The van der Waals surface area contributed by atoms with E-state index in [0.29, 0.717) is 17.3 Å². The maximum Gasteiger partial charge on any atom is 0.0649 e. The molecule has 0 fully saturated rings. The first-order chi connectivity index (χ1) is 9.79. The molecule has 0 amide bonds. The summed E-state index contributed by atoms with van der Waals surface area (Å²) >= 11 is 3.93. The van der Waals surface area contributed by atoms with Crippen molar-refractivity contribution in [3.8, 4) is 0 Å². The van der Waals surface area contributed by atoms with E-state index in [9.17, 15) is 0 Å². The molecule has 2 aliphatic rings. The molecule has 2 aromatic heterocycles. The number of aryl methyl sites for hydroxylation is 1. The van der Waals surface area contributed by atoms with Gasteiger partial charge in [-0.2, -0.15) is 5.10 Å². The van der Waals surface area contributed by atoms with E-state index in [1.54, 1.807) is 0 Å². The molecular weight excluding hydrogens is 286 g/mol. The molecule has 3 atom stereocenters. The van der Waals surface area contributed by atoms with E-state index >= 15 is 0 Å². The lowest BCUT2D eigenvalue weighted by Gasteiger charge is -2.32. The summed E-state index contributed by atoms with van der Waals surface area (Å²) in [6.07, 6.45) is 6.69. The number of fused-ring (bicyclic) bond motifs is 2. The highest BCUT2D eigenvalue weighted by Crippen LogP contribution is 2.44. The van der Waals surface area contributed by atoms with Crippen molar-refractivity contribution in [2.75, 3.05) is 0 Å². The minimum Gasteiger partial charge on any atom is -0.307 e. The number of nitrogens with zero attached hydrogens (tertiary/aromatic N) is 1. The number of thioether (sulfide) groups is 1. The molecule has 1 aliphatic heterocycles. The van der Waals surface area contributed by atoms with Crippen LogP contribution in [0.15, 0.2) is 21.9 Å². The van der Waals surface area contributed by atoms with Crippen LogP contribution in [0.3, 0.4) is 0 Å². The smallest absolute Gasteiger partial charge is 0.0649 e. The zero-order chi connectivity index (χ0) is 13.5. The summed E-state index contributed by atoms with van der Waals surface area (Å²) in [6.45, 7) is 2.34.